The molecule has 0 aromatic heterocycles. The Hall–Kier alpha value is -1.84. The van der Waals surface area contributed by atoms with Crippen molar-refractivity contribution in [2.24, 2.45) is 5.92 Å². The van der Waals surface area contributed by atoms with Gasteiger partial charge in [-0.15, -0.1) is 0 Å². The average molecular weight is 397 g/mol. The summed E-state index contributed by atoms with van der Waals surface area (Å²) in [5.74, 6) is 0.643. The van der Waals surface area contributed by atoms with Crippen LogP contribution >= 0.6 is 0 Å². The lowest BCUT2D eigenvalue weighted by Crippen LogP contribution is -2.52. The molecule has 1 aliphatic heterocycles. The molecule has 0 radical (unpaired) electrons. The summed E-state index contributed by atoms with van der Waals surface area (Å²) in [7, 11) is 0. The Morgan fingerprint density at radius 1 is 0.793 bits per heavy atom. The van der Waals surface area contributed by atoms with Crippen molar-refractivity contribution in [3.8, 4) is 0 Å². The van der Waals surface area contributed by atoms with Gasteiger partial charge in [0, 0.05) is 42.3 Å². The fraction of sp³-hybridized carbons (Fsp3) is 0.680. The highest BCUT2D eigenvalue weighted by atomic mass is 16.2. The number of piperidine rings is 1. The van der Waals surface area contributed by atoms with Crippen LogP contribution in [0.25, 0.3) is 0 Å². The summed E-state index contributed by atoms with van der Waals surface area (Å²) in [4.78, 5) is 29.3. The van der Waals surface area contributed by atoms with Gasteiger partial charge in [-0.25, -0.2) is 0 Å². The Labute approximate surface area is 175 Å². The van der Waals surface area contributed by atoms with Crippen LogP contribution in [0.2, 0.25) is 0 Å². The molecule has 1 aromatic carbocycles. The van der Waals surface area contributed by atoms with E-state index in [4.69, 9.17) is 0 Å². The van der Waals surface area contributed by atoms with Crippen LogP contribution in [0.1, 0.15) is 87.4 Å². The van der Waals surface area contributed by atoms with Crippen LogP contribution in [0.15, 0.2) is 24.3 Å². The molecule has 29 heavy (non-hydrogen) atoms. The Morgan fingerprint density at radius 3 is 1.79 bits per heavy atom. The van der Waals surface area contributed by atoms with Crippen molar-refractivity contribution in [1.29, 1.82) is 0 Å². The third kappa shape index (κ3) is 4.84. The molecular formula is C25H36N2O2. The molecule has 3 aliphatic rings. The zero-order valence-corrected chi connectivity index (χ0v) is 17.7. The second-order valence-electron chi connectivity index (χ2n) is 9.30. The van der Waals surface area contributed by atoms with Crippen molar-refractivity contribution in [3.63, 3.8) is 0 Å². The number of nitrogens with zero attached hydrogens (tertiary/aromatic N) is 2. The van der Waals surface area contributed by atoms with Crippen LogP contribution in [-0.2, 0) is 4.79 Å². The molecule has 4 nitrogen and oxygen atoms in total. The number of carbonyl (C=O) groups excluding carboxylic acids is 2. The zero-order chi connectivity index (χ0) is 20.1. The van der Waals surface area contributed by atoms with Crippen molar-refractivity contribution in [1.82, 2.24) is 4.90 Å². The van der Waals surface area contributed by atoms with Crippen molar-refractivity contribution in [2.75, 3.05) is 18.0 Å². The Balaban J connectivity index is 1.40. The van der Waals surface area contributed by atoms with Gasteiger partial charge in [-0.1, -0.05) is 38.5 Å². The number of hydrogen-bond donors (Lipinski definition) is 0. The summed E-state index contributed by atoms with van der Waals surface area (Å²) in [6.45, 7) is 1.86. The van der Waals surface area contributed by atoms with Gasteiger partial charge in [-0.3, -0.25) is 9.59 Å². The first-order chi connectivity index (χ1) is 14.3. The van der Waals surface area contributed by atoms with Crippen LogP contribution in [-0.4, -0.2) is 42.3 Å². The van der Waals surface area contributed by atoms with Crippen LogP contribution in [0.4, 0.5) is 5.69 Å². The van der Waals surface area contributed by atoms with Crippen molar-refractivity contribution in [2.45, 2.75) is 89.1 Å². The lowest BCUT2D eigenvalue weighted by atomic mass is 9.86. The van der Waals surface area contributed by atoms with Gasteiger partial charge in [0.15, 0.2) is 0 Å². The third-order valence-corrected chi connectivity index (χ3v) is 7.43. The van der Waals surface area contributed by atoms with E-state index in [-0.39, 0.29) is 5.92 Å². The molecular weight excluding hydrogens is 360 g/mol. The van der Waals surface area contributed by atoms with E-state index in [2.05, 4.69) is 9.80 Å². The molecule has 1 saturated heterocycles. The molecule has 1 amide bonds. The van der Waals surface area contributed by atoms with Crippen LogP contribution in [0.3, 0.4) is 0 Å². The lowest BCUT2D eigenvalue weighted by Gasteiger charge is -2.44. The normalized spacial score (nSPS) is 22.4. The number of aldehydes is 1. The van der Waals surface area contributed by atoms with Crippen LogP contribution in [0, 0.1) is 5.92 Å². The van der Waals surface area contributed by atoms with Gasteiger partial charge in [0.25, 0.3) is 0 Å². The Bertz CT molecular complexity index is 649. The number of anilines is 1. The fourth-order valence-corrected chi connectivity index (χ4v) is 5.74. The van der Waals surface area contributed by atoms with E-state index < -0.39 is 0 Å². The molecule has 0 atom stereocenters. The van der Waals surface area contributed by atoms with E-state index in [1.165, 1.54) is 64.2 Å². The van der Waals surface area contributed by atoms with E-state index in [1.54, 1.807) is 0 Å². The van der Waals surface area contributed by atoms with Gasteiger partial charge in [0.1, 0.15) is 6.29 Å². The lowest BCUT2D eigenvalue weighted by molar-refractivity contribution is -0.143. The number of carbonyl (C=O) groups is 2. The predicted molar refractivity (Wildman–Crippen MR) is 117 cm³/mol. The minimum atomic E-state index is 0.185. The molecule has 2 aliphatic carbocycles. The highest BCUT2D eigenvalue weighted by Crippen LogP contribution is 2.33. The monoisotopic (exact) mass is 396 g/mol. The largest absolute Gasteiger partial charge is 0.371 e. The summed E-state index contributed by atoms with van der Waals surface area (Å²) in [5, 5.41) is 0. The predicted octanol–water partition coefficient (Wildman–Crippen LogP) is 5.21. The summed E-state index contributed by atoms with van der Waals surface area (Å²) in [6, 6.07) is 8.81. The third-order valence-electron chi connectivity index (χ3n) is 7.43. The molecule has 4 rings (SSSR count). The second-order valence-corrected chi connectivity index (χ2v) is 9.30. The summed E-state index contributed by atoms with van der Waals surface area (Å²) in [6.07, 6.45) is 15.5. The molecule has 4 heteroatoms. The highest BCUT2D eigenvalue weighted by Gasteiger charge is 2.37. The minimum Gasteiger partial charge on any atom is -0.371 e. The first-order valence-electron chi connectivity index (χ1n) is 11.9. The number of rotatable bonds is 5. The maximum absolute atomic E-state index is 13.7. The Morgan fingerprint density at radius 2 is 1.31 bits per heavy atom. The zero-order valence-electron chi connectivity index (χ0n) is 17.7. The van der Waals surface area contributed by atoms with Crippen molar-refractivity contribution < 1.29 is 9.59 Å². The van der Waals surface area contributed by atoms with Crippen molar-refractivity contribution in [3.05, 3.63) is 29.8 Å². The quantitative estimate of drug-likeness (QED) is 0.642. The van der Waals surface area contributed by atoms with Crippen LogP contribution < -0.4 is 4.90 Å². The summed E-state index contributed by atoms with van der Waals surface area (Å²) < 4.78 is 0. The van der Waals surface area contributed by atoms with E-state index >= 15 is 0 Å². The molecule has 3 fully saturated rings. The molecule has 0 spiro atoms. The van der Waals surface area contributed by atoms with Gasteiger partial charge in [0.2, 0.25) is 5.91 Å². The standard InChI is InChI=1S/C25H36N2O2/c28-19-20-11-13-22(14-12-20)26-17-15-21(16-18-26)25(29)27(23-7-3-1-4-8-23)24-9-5-2-6-10-24/h11-14,19,21,23-24H,1-10,15-18H2. The molecule has 1 heterocycles. The van der Waals surface area contributed by atoms with Crippen molar-refractivity contribution >= 4 is 17.9 Å². The fourth-order valence-electron chi connectivity index (χ4n) is 5.74. The molecule has 2 saturated carbocycles. The first-order valence-corrected chi connectivity index (χ1v) is 11.9. The molecule has 0 unspecified atom stereocenters. The number of hydrogen-bond acceptors (Lipinski definition) is 3. The SMILES string of the molecule is O=Cc1ccc(N2CCC(C(=O)N(C3CCCCC3)C3CCCCC3)CC2)cc1. The molecule has 158 valence electrons. The van der Waals surface area contributed by atoms with Gasteiger partial charge < -0.3 is 9.80 Å². The van der Waals surface area contributed by atoms with Gasteiger partial charge in [-0.2, -0.15) is 0 Å². The molecule has 0 bridgehead atoms. The smallest absolute Gasteiger partial charge is 0.226 e. The van der Waals surface area contributed by atoms with E-state index in [9.17, 15) is 9.59 Å². The van der Waals surface area contributed by atoms with E-state index in [0.29, 0.717) is 18.0 Å². The number of amides is 1. The number of benzene rings is 1. The average Bonchev–Trinajstić information content (AvgIpc) is 2.81. The van der Waals surface area contributed by atoms with E-state index in [1.807, 2.05) is 24.3 Å². The molecule has 1 aromatic rings. The molecule has 0 N–H and O–H groups in total. The maximum atomic E-state index is 13.7. The minimum absolute atomic E-state index is 0.185. The van der Waals surface area contributed by atoms with Crippen LogP contribution in [0.5, 0.6) is 0 Å². The van der Waals surface area contributed by atoms with E-state index in [0.717, 1.165) is 43.5 Å². The maximum Gasteiger partial charge on any atom is 0.226 e. The Kier molecular flexibility index (Phi) is 6.89. The first kappa shape index (κ1) is 20.4. The highest BCUT2D eigenvalue weighted by molar-refractivity contribution is 5.80. The topological polar surface area (TPSA) is 40.6 Å². The summed E-state index contributed by atoms with van der Waals surface area (Å²) in [5.41, 5.74) is 1.88. The van der Waals surface area contributed by atoms with Gasteiger partial charge in [0.05, 0.1) is 0 Å². The van der Waals surface area contributed by atoms with Gasteiger partial charge in [-0.05, 0) is 62.8 Å². The second kappa shape index (κ2) is 9.77. The van der Waals surface area contributed by atoms with Gasteiger partial charge >= 0.3 is 0 Å². The summed E-state index contributed by atoms with van der Waals surface area (Å²) >= 11 is 0.